The molecule has 0 heterocycles. The summed E-state index contributed by atoms with van der Waals surface area (Å²) in [6, 6.07) is -9.83. The summed E-state index contributed by atoms with van der Waals surface area (Å²) >= 11 is 0. The molecule has 0 atom stereocenters. The highest BCUT2D eigenvalue weighted by molar-refractivity contribution is 5.77. The normalized spacial score (nSPS) is 14.5. The van der Waals surface area contributed by atoms with Crippen LogP contribution in [0.5, 0.6) is 0 Å². The summed E-state index contributed by atoms with van der Waals surface area (Å²) in [4.78, 5) is 7.41. The molecule has 0 radical (unpaired) electrons. The molecule has 0 fully saturated rings. The Balaban J connectivity index is 5.23. The highest BCUT2D eigenvalue weighted by atomic mass is 19.4. The first-order chi connectivity index (χ1) is 6.35. The monoisotopic (exact) mass is 245 g/mol. The zero-order chi connectivity index (χ0) is 12.7. The minimum absolute atomic E-state index is 0.434. The molecule has 0 saturated carbocycles. The SMILES string of the molecule is CN(C(F)(F)F)C(F)(F)C(F)(F)C(=O)F. The van der Waals surface area contributed by atoms with Gasteiger partial charge in [0.15, 0.2) is 0 Å². The van der Waals surface area contributed by atoms with Gasteiger partial charge in [0.05, 0.1) is 0 Å². The second kappa shape index (κ2) is 3.58. The summed E-state index contributed by atoms with van der Waals surface area (Å²) in [7, 11) is -0.434. The topological polar surface area (TPSA) is 20.3 Å². The fraction of sp³-hybridized carbons (Fsp3) is 0.800. The molecule has 0 bridgehead atoms. The molecule has 0 aliphatic rings. The van der Waals surface area contributed by atoms with Gasteiger partial charge in [-0.1, -0.05) is 0 Å². The Morgan fingerprint density at radius 2 is 1.33 bits per heavy atom. The second-order valence-electron chi connectivity index (χ2n) is 2.42. The lowest BCUT2D eigenvalue weighted by atomic mass is 10.3. The molecule has 10 heteroatoms. The molecule has 0 aromatic heterocycles. The molecule has 0 unspecified atom stereocenters. The van der Waals surface area contributed by atoms with Crippen molar-refractivity contribution in [2.24, 2.45) is 0 Å². The van der Waals surface area contributed by atoms with E-state index in [4.69, 9.17) is 0 Å². The zero-order valence-corrected chi connectivity index (χ0v) is 6.88. The predicted octanol–water partition coefficient (Wildman–Crippen LogP) is 2.16. The lowest BCUT2D eigenvalue weighted by Crippen LogP contribution is -2.60. The number of nitrogens with zero attached hydrogens (tertiary/aromatic N) is 1. The van der Waals surface area contributed by atoms with Crippen molar-refractivity contribution in [3.8, 4) is 0 Å². The third kappa shape index (κ3) is 2.36. The lowest BCUT2D eigenvalue weighted by Gasteiger charge is -2.31. The Morgan fingerprint density at radius 3 is 1.53 bits per heavy atom. The van der Waals surface area contributed by atoms with E-state index in [1.54, 1.807) is 0 Å². The van der Waals surface area contributed by atoms with Crippen molar-refractivity contribution in [2.45, 2.75) is 18.3 Å². The van der Waals surface area contributed by atoms with Crippen LogP contribution < -0.4 is 0 Å². The summed E-state index contributed by atoms with van der Waals surface area (Å²) in [5.74, 6) is -6.06. The van der Waals surface area contributed by atoms with E-state index >= 15 is 0 Å². The molecule has 0 rings (SSSR count). The fourth-order valence-electron chi connectivity index (χ4n) is 0.488. The van der Waals surface area contributed by atoms with Crippen LogP contribution in [0.4, 0.5) is 35.1 Å². The Labute approximate surface area is 77.4 Å². The van der Waals surface area contributed by atoms with Gasteiger partial charge < -0.3 is 0 Å². The molecule has 2 nitrogen and oxygen atoms in total. The molecule has 0 aliphatic carbocycles. The van der Waals surface area contributed by atoms with Gasteiger partial charge in [-0.15, -0.1) is 0 Å². The van der Waals surface area contributed by atoms with Crippen molar-refractivity contribution in [3.05, 3.63) is 0 Å². The predicted molar refractivity (Wildman–Crippen MR) is 29.8 cm³/mol. The minimum atomic E-state index is -6.06. The number of rotatable bonds is 3. The van der Waals surface area contributed by atoms with E-state index in [0.29, 0.717) is 0 Å². The van der Waals surface area contributed by atoms with Crippen molar-refractivity contribution in [3.63, 3.8) is 0 Å². The molecule has 90 valence electrons. The van der Waals surface area contributed by atoms with E-state index in [0.717, 1.165) is 0 Å². The van der Waals surface area contributed by atoms with Crippen LogP contribution in [0.15, 0.2) is 0 Å². The maximum absolute atomic E-state index is 12.3. The van der Waals surface area contributed by atoms with Gasteiger partial charge in [0.25, 0.3) is 0 Å². The third-order valence-corrected chi connectivity index (χ3v) is 1.43. The lowest BCUT2D eigenvalue weighted by molar-refractivity contribution is -0.366. The van der Waals surface area contributed by atoms with Crippen LogP contribution in [-0.4, -0.2) is 36.3 Å². The van der Waals surface area contributed by atoms with E-state index in [9.17, 15) is 39.9 Å². The smallest absolute Gasteiger partial charge is 0.254 e. The van der Waals surface area contributed by atoms with E-state index < -0.39 is 36.3 Å². The maximum Gasteiger partial charge on any atom is 0.464 e. The Hall–Kier alpha value is -0.930. The van der Waals surface area contributed by atoms with Gasteiger partial charge >= 0.3 is 24.3 Å². The van der Waals surface area contributed by atoms with Crippen molar-refractivity contribution in [1.29, 1.82) is 0 Å². The highest BCUT2D eigenvalue weighted by Crippen LogP contribution is 2.42. The molecule has 0 saturated heterocycles. The first-order valence-corrected chi connectivity index (χ1v) is 3.11. The quantitative estimate of drug-likeness (QED) is 0.431. The van der Waals surface area contributed by atoms with Crippen molar-refractivity contribution in [2.75, 3.05) is 7.05 Å². The highest BCUT2D eigenvalue weighted by Gasteiger charge is 2.69. The van der Waals surface area contributed by atoms with Gasteiger partial charge in [-0.3, -0.25) is 4.79 Å². The van der Waals surface area contributed by atoms with E-state index in [2.05, 4.69) is 0 Å². The van der Waals surface area contributed by atoms with Crippen LogP contribution in [0.1, 0.15) is 0 Å². The maximum atomic E-state index is 12.3. The minimum Gasteiger partial charge on any atom is -0.254 e. The molecule has 0 amide bonds. The van der Waals surface area contributed by atoms with E-state index in [1.807, 2.05) is 0 Å². The number of hydrogen-bond donors (Lipinski definition) is 0. The van der Waals surface area contributed by atoms with Gasteiger partial charge in [0.2, 0.25) is 0 Å². The molecular weight excluding hydrogens is 242 g/mol. The average molecular weight is 245 g/mol. The van der Waals surface area contributed by atoms with E-state index in [1.165, 1.54) is 0 Å². The summed E-state index contributed by atoms with van der Waals surface area (Å²) in [6.45, 7) is 0. The second-order valence-corrected chi connectivity index (χ2v) is 2.42. The van der Waals surface area contributed by atoms with Crippen molar-refractivity contribution < 1.29 is 39.9 Å². The number of carbonyl (C=O) groups is 1. The average Bonchev–Trinajstić information content (AvgIpc) is 2.00. The van der Waals surface area contributed by atoms with Crippen LogP contribution in [0.2, 0.25) is 0 Å². The fourth-order valence-corrected chi connectivity index (χ4v) is 0.488. The number of carbonyl (C=O) groups excluding carboxylic acids is 1. The largest absolute Gasteiger partial charge is 0.464 e. The summed E-state index contributed by atoms with van der Waals surface area (Å²) in [5.41, 5.74) is 0. The molecule has 0 spiro atoms. The molecule has 0 N–H and O–H groups in total. The first-order valence-electron chi connectivity index (χ1n) is 3.11. The van der Waals surface area contributed by atoms with Crippen molar-refractivity contribution in [1.82, 2.24) is 4.90 Å². The molecule has 0 aromatic rings. The number of halogens is 8. The van der Waals surface area contributed by atoms with Crippen LogP contribution in [0.3, 0.4) is 0 Å². The Morgan fingerprint density at radius 1 is 1.00 bits per heavy atom. The third-order valence-electron chi connectivity index (χ3n) is 1.43. The van der Waals surface area contributed by atoms with Gasteiger partial charge in [-0.05, 0) is 0 Å². The zero-order valence-electron chi connectivity index (χ0n) is 6.88. The summed E-state index contributed by atoms with van der Waals surface area (Å²) in [6.07, 6.45) is -5.83. The van der Waals surface area contributed by atoms with Crippen LogP contribution in [-0.2, 0) is 4.79 Å². The number of alkyl halides is 7. The molecule has 0 aromatic carbocycles. The Bertz CT molecular complexity index is 258. The number of hydrogen-bond acceptors (Lipinski definition) is 2. The van der Waals surface area contributed by atoms with Crippen LogP contribution in [0, 0.1) is 0 Å². The van der Waals surface area contributed by atoms with Gasteiger partial charge in [0, 0.05) is 7.05 Å². The molecular formula is C5H3F8NO. The van der Waals surface area contributed by atoms with E-state index in [-0.39, 0.29) is 0 Å². The Kier molecular flexibility index (Phi) is 3.36. The van der Waals surface area contributed by atoms with Crippen LogP contribution >= 0.6 is 0 Å². The standard InChI is InChI=1S/C5H3F8NO/c1-14(5(11,12)13)4(9,10)3(7,8)2(6)15/h1H3. The van der Waals surface area contributed by atoms with Crippen LogP contribution in [0.25, 0.3) is 0 Å². The first kappa shape index (κ1) is 14.1. The van der Waals surface area contributed by atoms with Crippen molar-refractivity contribution >= 4 is 6.04 Å². The molecule has 0 aliphatic heterocycles. The van der Waals surface area contributed by atoms with Gasteiger partial charge in [-0.25, -0.2) is 0 Å². The van der Waals surface area contributed by atoms with Gasteiger partial charge in [0.1, 0.15) is 0 Å². The van der Waals surface area contributed by atoms with Gasteiger partial charge in [-0.2, -0.15) is 40.0 Å². The molecule has 15 heavy (non-hydrogen) atoms. The summed E-state index contributed by atoms with van der Waals surface area (Å²) < 4.78 is 95.2. The summed E-state index contributed by atoms with van der Waals surface area (Å²) in [5, 5.41) is 0.